The van der Waals surface area contributed by atoms with Crippen molar-refractivity contribution in [2.75, 3.05) is 5.32 Å². The monoisotopic (exact) mass is 268 g/mol. The number of nitrogens with zero attached hydrogens (tertiary/aromatic N) is 2. The third-order valence-electron chi connectivity index (χ3n) is 2.67. The van der Waals surface area contributed by atoms with E-state index in [0.29, 0.717) is 12.2 Å². The molecule has 0 aliphatic heterocycles. The molecule has 106 valence electrons. The van der Waals surface area contributed by atoms with Gasteiger partial charge in [0.25, 0.3) is 0 Å². The van der Waals surface area contributed by atoms with Gasteiger partial charge in [0, 0.05) is 18.8 Å². The summed E-state index contributed by atoms with van der Waals surface area (Å²) in [5.41, 5.74) is 0.896. The van der Waals surface area contributed by atoms with Crippen molar-refractivity contribution in [3.63, 3.8) is 0 Å². The Kier molecular flexibility index (Phi) is 4.91. The fourth-order valence-corrected chi connectivity index (χ4v) is 1.63. The summed E-state index contributed by atoms with van der Waals surface area (Å²) in [4.78, 5) is 22.7. The summed E-state index contributed by atoms with van der Waals surface area (Å²) in [5.74, 6) is -0.467. The lowest BCUT2D eigenvalue weighted by atomic mass is 10.0. The summed E-state index contributed by atoms with van der Waals surface area (Å²) in [6.07, 6.45) is 0.379. The molecule has 1 rings (SSSR count). The van der Waals surface area contributed by atoms with Gasteiger partial charge in [-0.25, -0.2) is 9.59 Å². The molecule has 0 spiro atoms. The van der Waals surface area contributed by atoms with E-state index in [1.165, 1.54) is 0 Å². The molecule has 2 amide bonds. The zero-order chi connectivity index (χ0) is 14.6. The van der Waals surface area contributed by atoms with Gasteiger partial charge in [0.05, 0.1) is 0 Å². The number of hydrogen-bond acceptors (Lipinski definition) is 3. The number of hydrogen-bond donors (Lipinski definition) is 3. The van der Waals surface area contributed by atoms with Crippen LogP contribution in [0.5, 0.6) is 0 Å². The van der Waals surface area contributed by atoms with E-state index in [1.54, 1.807) is 17.8 Å². The van der Waals surface area contributed by atoms with Crippen molar-refractivity contribution in [2.24, 2.45) is 13.0 Å². The Morgan fingerprint density at radius 3 is 2.53 bits per heavy atom. The summed E-state index contributed by atoms with van der Waals surface area (Å²) < 4.78 is 1.62. The number of aromatic nitrogens is 2. The lowest BCUT2D eigenvalue weighted by Crippen LogP contribution is -2.43. The summed E-state index contributed by atoms with van der Waals surface area (Å²) in [5, 5.41) is 18.0. The number of carbonyl (C=O) groups is 2. The third-order valence-corrected chi connectivity index (χ3v) is 2.67. The van der Waals surface area contributed by atoms with E-state index in [4.69, 9.17) is 5.11 Å². The summed E-state index contributed by atoms with van der Waals surface area (Å²) in [7, 11) is 1.76. The molecule has 7 nitrogen and oxygen atoms in total. The Bertz CT molecular complexity index is 448. The Labute approximate surface area is 112 Å². The number of carboxylic acids is 1. The van der Waals surface area contributed by atoms with Crippen molar-refractivity contribution in [3.05, 3.63) is 11.8 Å². The van der Waals surface area contributed by atoms with Crippen LogP contribution in [-0.2, 0) is 11.8 Å². The van der Waals surface area contributed by atoms with Crippen LogP contribution in [0.2, 0.25) is 0 Å². The first-order valence-electron chi connectivity index (χ1n) is 6.10. The fraction of sp³-hybridized carbons (Fsp3) is 0.583. The van der Waals surface area contributed by atoms with Gasteiger partial charge in [0.2, 0.25) is 0 Å². The zero-order valence-electron chi connectivity index (χ0n) is 11.6. The molecule has 0 aliphatic carbocycles. The highest BCUT2D eigenvalue weighted by molar-refractivity contribution is 5.91. The van der Waals surface area contributed by atoms with Crippen LogP contribution in [0.15, 0.2) is 6.07 Å². The van der Waals surface area contributed by atoms with Gasteiger partial charge in [0.1, 0.15) is 6.04 Å². The average molecular weight is 268 g/mol. The van der Waals surface area contributed by atoms with Crippen LogP contribution < -0.4 is 10.6 Å². The normalized spacial score (nSPS) is 12.3. The molecule has 1 unspecified atom stereocenters. The molecule has 0 saturated heterocycles. The zero-order valence-corrected chi connectivity index (χ0v) is 11.6. The van der Waals surface area contributed by atoms with Crippen LogP contribution in [0.4, 0.5) is 10.6 Å². The second-order valence-electron chi connectivity index (χ2n) is 4.91. The van der Waals surface area contributed by atoms with E-state index in [0.717, 1.165) is 5.69 Å². The first-order valence-corrected chi connectivity index (χ1v) is 6.10. The maximum Gasteiger partial charge on any atom is 0.326 e. The van der Waals surface area contributed by atoms with Crippen LogP contribution in [0.3, 0.4) is 0 Å². The number of aliphatic carboxylic acids is 1. The number of carboxylic acid groups (broad SMARTS) is 1. The molecule has 19 heavy (non-hydrogen) atoms. The predicted molar refractivity (Wildman–Crippen MR) is 71.0 cm³/mol. The molecule has 0 bridgehead atoms. The SMILES string of the molecule is Cc1cc(NC(=O)NC(CC(C)C)C(=O)O)nn1C. The minimum absolute atomic E-state index is 0.179. The molecule has 1 heterocycles. The van der Waals surface area contributed by atoms with Crippen LogP contribution in [0.1, 0.15) is 26.0 Å². The second kappa shape index (κ2) is 6.21. The first-order chi connectivity index (χ1) is 8.79. The molecule has 1 atom stereocenters. The number of aryl methyl sites for hydroxylation is 2. The van der Waals surface area contributed by atoms with Crippen LogP contribution >= 0.6 is 0 Å². The maximum absolute atomic E-state index is 11.7. The van der Waals surface area contributed by atoms with Gasteiger partial charge in [-0.15, -0.1) is 0 Å². The van der Waals surface area contributed by atoms with Crippen molar-refractivity contribution >= 4 is 17.8 Å². The Morgan fingerprint density at radius 2 is 2.11 bits per heavy atom. The molecule has 0 aromatic carbocycles. The van der Waals surface area contributed by atoms with Gasteiger partial charge < -0.3 is 10.4 Å². The minimum atomic E-state index is -1.04. The van der Waals surface area contributed by atoms with E-state index in [-0.39, 0.29) is 5.92 Å². The molecule has 3 N–H and O–H groups in total. The summed E-state index contributed by atoms with van der Waals surface area (Å²) >= 11 is 0. The Morgan fingerprint density at radius 1 is 1.47 bits per heavy atom. The number of anilines is 1. The van der Waals surface area contributed by atoms with E-state index >= 15 is 0 Å². The molecule has 0 fully saturated rings. The van der Waals surface area contributed by atoms with Gasteiger partial charge in [-0.2, -0.15) is 5.10 Å². The molecular weight excluding hydrogens is 248 g/mol. The number of carbonyl (C=O) groups excluding carboxylic acids is 1. The molecule has 0 aliphatic rings. The first kappa shape index (κ1) is 15.0. The van der Waals surface area contributed by atoms with Gasteiger partial charge in [0.15, 0.2) is 5.82 Å². The third kappa shape index (κ3) is 4.61. The summed E-state index contributed by atoms with van der Waals surface area (Å²) in [6.45, 7) is 5.66. The lowest BCUT2D eigenvalue weighted by Gasteiger charge is -2.16. The van der Waals surface area contributed by atoms with Crippen LogP contribution in [0.25, 0.3) is 0 Å². The van der Waals surface area contributed by atoms with Gasteiger partial charge in [-0.1, -0.05) is 13.8 Å². The molecule has 7 heteroatoms. The van der Waals surface area contributed by atoms with Crippen molar-refractivity contribution in [3.8, 4) is 0 Å². The van der Waals surface area contributed by atoms with E-state index in [2.05, 4.69) is 15.7 Å². The van der Waals surface area contributed by atoms with E-state index in [9.17, 15) is 9.59 Å². The number of urea groups is 1. The molecule has 0 radical (unpaired) electrons. The largest absolute Gasteiger partial charge is 0.480 e. The standard InChI is InChI=1S/C12H20N4O3/c1-7(2)5-9(11(17)18)13-12(19)14-10-6-8(3)16(4)15-10/h6-7,9H,5H2,1-4H3,(H,17,18)(H2,13,14,15,19). The number of rotatable bonds is 5. The second-order valence-corrected chi connectivity index (χ2v) is 4.91. The van der Waals surface area contributed by atoms with Crippen molar-refractivity contribution < 1.29 is 14.7 Å². The highest BCUT2D eigenvalue weighted by Gasteiger charge is 2.21. The Hall–Kier alpha value is -2.05. The summed E-state index contributed by atoms with van der Waals surface area (Å²) in [6, 6.07) is 0.244. The van der Waals surface area contributed by atoms with Gasteiger partial charge in [-0.05, 0) is 19.3 Å². The van der Waals surface area contributed by atoms with Crippen molar-refractivity contribution in [1.82, 2.24) is 15.1 Å². The van der Waals surface area contributed by atoms with E-state index < -0.39 is 18.0 Å². The topological polar surface area (TPSA) is 96.2 Å². The van der Waals surface area contributed by atoms with Gasteiger partial charge >= 0.3 is 12.0 Å². The van der Waals surface area contributed by atoms with Crippen LogP contribution in [-0.4, -0.2) is 32.9 Å². The number of amides is 2. The molecule has 1 aromatic heterocycles. The molecule has 0 saturated carbocycles. The smallest absolute Gasteiger partial charge is 0.326 e. The number of nitrogens with one attached hydrogen (secondary N) is 2. The lowest BCUT2D eigenvalue weighted by molar-refractivity contribution is -0.139. The quantitative estimate of drug-likeness (QED) is 0.751. The highest BCUT2D eigenvalue weighted by Crippen LogP contribution is 2.08. The minimum Gasteiger partial charge on any atom is -0.480 e. The average Bonchev–Trinajstić information content (AvgIpc) is 2.55. The van der Waals surface area contributed by atoms with Crippen LogP contribution in [0, 0.1) is 12.8 Å². The van der Waals surface area contributed by atoms with E-state index in [1.807, 2.05) is 20.8 Å². The highest BCUT2D eigenvalue weighted by atomic mass is 16.4. The maximum atomic E-state index is 11.7. The predicted octanol–water partition coefficient (Wildman–Crippen LogP) is 1.35. The van der Waals surface area contributed by atoms with Crippen molar-refractivity contribution in [1.29, 1.82) is 0 Å². The molecule has 1 aromatic rings. The fourth-order valence-electron chi connectivity index (χ4n) is 1.63. The van der Waals surface area contributed by atoms with Gasteiger partial charge in [-0.3, -0.25) is 10.00 Å². The Balaban J connectivity index is 2.60. The van der Waals surface area contributed by atoms with Crippen molar-refractivity contribution in [2.45, 2.75) is 33.2 Å². The molecular formula is C12H20N4O3.